The van der Waals surface area contributed by atoms with Gasteiger partial charge >= 0.3 is 0 Å². The van der Waals surface area contributed by atoms with Crippen molar-refractivity contribution in [1.29, 1.82) is 0 Å². The number of rotatable bonds is 3. The molecule has 1 atom stereocenters. The molecule has 0 radical (unpaired) electrons. The number of benzene rings is 3. The molecule has 7 heteroatoms. The number of anilines is 2. The van der Waals surface area contributed by atoms with Crippen molar-refractivity contribution in [3.8, 4) is 0 Å². The average Bonchev–Trinajstić information content (AvgIpc) is 3.31. The topological polar surface area (TPSA) is 35.9 Å². The zero-order valence-electron chi connectivity index (χ0n) is 17.5. The second-order valence-corrected chi connectivity index (χ2v) is 9.49. The van der Waals surface area contributed by atoms with Gasteiger partial charge in [0.1, 0.15) is 10.7 Å². The van der Waals surface area contributed by atoms with Crippen molar-refractivity contribution in [2.24, 2.45) is 4.99 Å². The van der Waals surface area contributed by atoms with Crippen LogP contribution in [0.4, 0.5) is 15.8 Å². The maximum absolute atomic E-state index is 13.6. The van der Waals surface area contributed by atoms with Gasteiger partial charge < -0.3 is 4.90 Å². The number of carbonyl (C=O) groups excluding carboxylic acids is 1. The standard InChI is InChI=1S/C25H20FN3OS2/c1-16(17-8-4-3-5-9-17)27-25-29(19-14-12-18(26)13-15-19)23(30)22(32-25)24-28(2)20-10-6-7-11-21(20)31-24/h3-16H,1-2H3/b24-22-,27-25?. The Kier molecular flexibility index (Phi) is 5.53. The van der Waals surface area contributed by atoms with E-state index in [0.717, 1.165) is 21.2 Å². The lowest BCUT2D eigenvalue weighted by Crippen LogP contribution is -2.29. The molecule has 0 aromatic heterocycles. The van der Waals surface area contributed by atoms with Gasteiger partial charge in [-0.15, -0.1) is 0 Å². The fourth-order valence-electron chi connectivity index (χ4n) is 3.68. The van der Waals surface area contributed by atoms with Crippen LogP contribution in [0, 0.1) is 5.82 Å². The van der Waals surface area contributed by atoms with E-state index in [9.17, 15) is 9.18 Å². The first kappa shape index (κ1) is 20.8. The molecule has 0 aliphatic carbocycles. The summed E-state index contributed by atoms with van der Waals surface area (Å²) in [5, 5.41) is 1.47. The molecule has 1 unspecified atom stereocenters. The van der Waals surface area contributed by atoms with Crippen LogP contribution in [0.15, 0.2) is 98.7 Å². The number of aliphatic imine (C=N–C) groups is 1. The van der Waals surface area contributed by atoms with Crippen LogP contribution in [0.1, 0.15) is 18.5 Å². The van der Waals surface area contributed by atoms with E-state index in [1.807, 2.05) is 67.4 Å². The molecule has 5 rings (SSSR count). The van der Waals surface area contributed by atoms with Crippen LogP contribution in [0.25, 0.3) is 0 Å². The van der Waals surface area contributed by atoms with Crippen LogP contribution in [-0.2, 0) is 4.79 Å². The number of hydrogen-bond donors (Lipinski definition) is 0. The number of amidine groups is 1. The molecule has 3 aromatic rings. The highest BCUT2D eigenvalue weighted by molar-refractivity contribution is 8.20. The van der Waals surface area contributed by atoms with Crippen molar-refractivity contribution in [1.82, 2.24) is 0 Å². The fourth-order valence-corrected chi connectivity index (χ4v) is 6.08. The Morgan fingerprint density at radius 2 is 1.59 bits per heavy atom. The number of fused-ring (bicyclic) bond motifs is 1. The van der Waals surface area contributed by atoms with Crippen molar-refractivity contribution in [3.05, 3.63) is 100 Å². The molecule has 0 bridgehead atoms. The van der Waals surface area contributed by atoms with Crippen LogP contribution < -0.4 is 9.80 Å². The molecule has 2 aliphatic rings. The lowest BCUT2D eigenvalue weighted by molar-refractivity contribution is -0.113. The van der Waals surface area contributed by atoms with E-state index in [0.29, 0.717) is 15.8 Å². The Morgan fingerprint density at radius 3 is 2.31 bits per heavy atom. The third kappa shape index (κ3) is 3.72. The van der Waals surface area contributed by atoms with Crippen molar-refractivity contribution in [2.45, 2.75) is 17.9 Å². The van der Waals surface area contributed by atoms with Crippen molar-refractivity contribution >= 4 is 46.0 Å². The monoisotopic (exact) mass is 461 g/mol. The van der Waals surface area contributed by atoms with Gasteiger partial charge in [-0.3, -0.25) is 14.7 Å². The molecule has 1 fully saturated rings. The second kappa shape index (κ2) is 8.48. The number of nitrogens with zero attached hydrogens (tertiary/aromatic N) is 3. The van der Waals surface area contributed by atoms with Gasteiger partial charge in [-0.05, 0) is 60.6 Å². The summed E-state index contributed by atoms with van der Waals surface area (Å²) in [4.78, 5) is 23.9. The van der Waals surface area contributed by atoms with Crippen molar-refractivity contribution in [2.75, 3.05) is 16.8 Å². The molecule has 3 aromatic carbocycles. The van der Waals surface area contributed by atoms with Gasteiger partial charge in [0.2, 0.25) is 0 Å². The van der Waals surface area contributed by atoms with Crippen LogP contribution in [0.5, 0.6) is 0 Å². The molecule has 2 heterocycles. The average molecular weight is 462 g/mol. The Bertz CT molecular complexity index is 1240. The van der Waals surface area contributed by atoms with Gasteiger partial charge in [-0.1, -0.05) is 54.2 Å². The van der Waals surface area contributed by atoms with Crippen LogP contribution >= 0.6 is 23.5 Å². The van der Waals surface area contributed by atoms with Crippen LogP contribution in [0.3, 0.4) is 0 Å². The predicted octanol–water partition coefficient (Wildman–Crippen LogP) is 6.43. The first-order chi connectivity index (χ1) is 15.5. The van der Waals surface area contributed by atoms with Gasteiger partial charge in [0.05, 0.1) is 22.4 Å². The van der Waals surface area contributed by atoms with E-state index in [1.54, 1.807) is 28.8 Å². The Hall–Kier alpha value is -3.03. The molecule has 0 saturated carbocycles. The van der Waals surface area contributed by atoms with E-state index in [-0.39, 0.29) is 17.8 Å². The molecule has 4 nitrogen and oxygen atoms in total. The number of halogens is 1. The van der Waals surface area contributed by atoms with E-state index >= 15 is 0 Å². The maximum atomic E-state index is 13.6. The Morgan fingerprint density at radius 1 is 0.906 bits per heavy atom. The van der Waals surface area contributed by atoms with Crippen LogP contribution in [-0.4, -0.2) is 18.1 Å². The lowest BCUT2D eigenvalue weighted by Gasteiger charge is -2.18. The van der Waals surface area contributed by atoms with Crippen molar-refractivity contribution < 1.29 is 9.18 Å². The molecule has 160 valence electrons. The van der Waals surface area contributed by atoms with E-state index in [2.05, 4.69) is 6.07 Å². The second-order valence-electron chi connectivity index (χ2n) is 7.48. The summed E-state index contributed by atoms with van der Waals surface area (Å²) >= 11 is 2.95. The van der Waals surface area contributed by atoms with Gasteiger partial charge in [-0.2, -0.15) is 0 Å². The first-order valence-corrected chi connectivity index (χ1v) is 11.8. The largest absolute Gasteiger partial charge is 0.337 e. The first-order valence-electron chi connectivity index (χ1n) is 10.2. The van der Waals surface area contributed by atoms with Crippen molar-refractivity contribution in [3.63, 3.8) is 0 Å². The van der Waals surface area contributed by atoms with Crippen LogP contribution in [0.2, 0.25) is 0 Å². The van der Waals surface area contributed by atoms with Gasteiger partial charge in [0.15, 0.2) is 5.17 Å². The number of thioether (sulfide) groups is 2. The summed E-state index contributed by atoms with van der Waals surface area (Å²) in [6.07, 6.45) is 0. The maximum Gasteiger partial charge on any atom is 0.274 e. The molecule has 2 aliphatic heterocycles. The summed E-state index contributed by atoms with van der Waals surface area (Å²) in [6.45, 7) is 2.01. The zero-order chi connectivity index (χ0) is 22.2. The molecule has 1 amide bonds. The number of carbonyl (C=O) groups is 1. The SMILES string of the molecule is CC(N=C1S/C(=C2\Sc3ccccc3N2C)C(=O)N1c1ccc(F)cc1)c1ccccc1. The van der Waals surface area contributed by atoms with E-state index < -0.39 is 0 Å². The minimum Gasteiger partial charge on any atom is -0.337 e. The summed E-state index contributed by atoms with van der Waals surface area (Å²) < 4.78 is 13.6. The highest BCUT2D eigenvalue weighted by Crippen LogP contribution is 2.50. The Labute approximate surface area is 194 Å². The van der Waals surface area contributed by atoms with Gasteiger partial charge in [-0.25, -0.2) is 4.39 Å². The summed E-state index contributed by atoms with van der Waals surface area (Å²) in [6, 6.07) is 23.9. The number of para-hydroxylation sites is 1. The third-order valence-corrected chi connectivity index (χ3v) is 7.79. The highest BCUT2D eigenvalue weighted by atomic mass is 32.2. The normalized spacial score (nSPS) is 20.2. The summed E-state index contributed by atoms with van der Waals surface area (Å²) in [5.74, 6) is -0.493. The molecule has 32 heavy (non-hydrogen) atoms. The summed E-state index contributed by atoms with van der Waals surface area (Å²) in [5.41, 5.74) is 2.74. The Balaban J connectivity index is 1.58. The fraction of sp³-hybridized carbons (Fsp3) is 0.120. The quantitative estimate of drug-likeness (QED) is 0.421. The number of amides is 1. The third-order valence-electron chi connectivity index (χ3n) is 5.38. The predicted molar refractivity (Wildman–Crippen MR) is 131 cm³/mol. The minimum absolute atomic E-state index is 0.134. The zero-order valence-corrected chi connectivity index (χ0v) is 19.2. The number of hydrogen-bond acceptors (Lipinski definition) is 5. The molecule has 1 saturated heterocycles. The smallest absolute Gasteiger partial charge is 0.274 e. The molecule has 0 N–H and O–H groups in total. The lowest BCUT2D eigenvalue weighted by atomic mass is 10.1. The van der Waals surface area contributed by atoms with Gasteiger partial charge in [0.25, 0.3) is 5.91 Å². The molecular formula is C25H20FN3OS2. The minimum atomic E-state index is -0.343. The molecular weight excluding hydrogens is 441 g/mol. The van der Waals surface area contributed by atoms with E-state index in [1.165, 1.54) is 23.9 Å². The van der Waals surface area contributed by atoms with E-state index in [4.69, 9.17) is 4.99 Å². The van der Waals surface area contributed by atoms with Gasteiger partial charge in [0, 0.05) is 11.9 Å². The highest BCUT2D eigenvalue weighted by Gasteiger charge is 2.40. The summed E-state index contributed by atoms with van der Waals surface area (Å²) in [7, 11) is 1.97. The molecule has 0 spiro atoms.